The fourth-order valence-corrected chi connectivity index (χ4v) is 8.34. The Morgan fingerprint density at radius 3 is 2.47 bits per heavy atom. The van der Waals surface area contributed by atoms with E-state index in [9.17, 15) is 15.3 Å². The number of allylic oxidation sites excluding steroid dienone is 4. The molecule has 0 aromatic carbocycles. The third-order valence-corrected chi connectivity index (χ3v) is 11.1. The van der Waals surface area contributed by atoms with Crippen LogP contribution in [0.5, 0.6) is 0 Å². The minimum absolute atomic E-state index is 0.168. The maximum Gasteiger partial charge on any atom is 0.0811 e. The van der Waals surface area contributed by atoms with Gasteiger partial charge in [0.25, 0.3) is 0 Å². The predicted octanol–water partition coefficient (Wildman–Crippen LogP) is 8.21. The molecule has 214 valence electrons. The molecule has 0 saturated heterocycles. The van der Waals surface area contributed by atoms with E-state index in [4.69, 9.17) is 0 Å². The summed E-state index contributed by atoms with van der Waals surface area (Å²) in [5, 5.41) is 31.5. The van der Waals surface area contributed by atoms with Crippen molar-refractivity contribution in [3.8, 4) is 0 Å². The molecule has 0 aromatic heterocycles. The summed E-state index contributed by atoms with van der Waals surface area (Å²) in [4.78, 5) is 0. The molecule has 3 nitrogen and oxygen atoms in total. The van der Waals surface area contributed by atoms with E-state index in [0.29, 0.717) is 36.0 Å². The van der Waals surface area contributed by atoms with Gasteiger partial charge in [0.2, 0.25) is 0 Å². The van der Waals surface area contributed by atoms with E-state index in [-0.39, 0.29) is 11.5 Å². The molecule has 0 spiro atoms. The average Bonchev–Trinajstić information content (AvgIpc) is 3.59. The lowest BCUT2D eigenvalue weighted by atomic mass is 9.61. The third-order valence-electron chi connectivity index (χ3n) is 11.1. The number of aliphatic hydroxyl groups excluding tert-OH is 3. The highest BCUT2D eigenvalue weighted by atomic mass is 16.3. The Kier molecular flexibility index (Phi) is 10.2. The van der Waals surface area contributed by atoms with Crippen molar-refractivity contribution in [2.45, 2.75) is 142 Å². The molecule has 4 aliphatic carbocycles. The number of hydrogen-bond acceptors (Lipinski definition) is 3. The standard InChI is InChI=1S/C35H56O3/c1-5-6-7-8-9-10-20-35(21-22-35)33(38)18-13-25(2)30-16-17-31-27(12-11-19-34(30,31)4)14-15-28-23-29(36)24-32(37)26(28)3/h13-15,18,25,29-33,36-38H,3,5-12,16-17,19-24H2,1-2,4H3/b18-13+,27-14+,28-15-/t25-,29-,30-,31+,32+,33+,34-/m1/s1. The molecule has 3 N–H and O–H groups in total. The molecule has 4 saturated carbocycles. The number of fused-ring (bicyclic) bond motifs is 1. The first kappa shape index (κ1) is 29.8. The highest BCUT2D eigenvalue weighted by Crippen LogP contribution is 2.60. The first-order valence-corrected chi connectivity index (χ1v) is 16.0. The zero-order chi connectivity index (χ0) is 27.3. The van der Waals surface area contributed by atoms with Gasteiger partial charge in [-0.25, -0.2) is 0 Å². The topological polar surface area (TPSA) is 60.7 Å². The van der Waals surface area contributed by atoms with Crippen LogP contribution in [0.25, 0.3) is 0 Å². The van der Waals surface area contributed by atoms with Gasteiger partial charge in [0.05, 0.1) is 18.3 Å². The average molecular weight is 525 g/mol. The van der Waals surface area contributed by atoms with Gasteiger partial charge in [-0.2, -0.15) is 0 Å². The second kappa shape index (κ2) is 13.0. The Hall–Kier alpha value is -1.16. The minimum Gasteiger partial charge on any atom is -0.393 e. The Morgan fingerprint density at radius 2 is 1.74 bits per heavy atom. The lowest BCUT2D eigenvalue weighted by Gasteiger charge is -2.44. The zero-order valence-corrected chi connectivity index (χ0v) is 24.6. The van der Waals surface area contributed by atoms with Crippen LogP contribution in [-0.2, 0) is 0 Å². The third kappa shape index (κ3) is 6.76. The molecule has 4 fully saturated rings. The van der Waals surface area contributed by atoms with Crippen molar-refractivity contribution in [1.82, 2.24) is 0 Å². The Bertz CT molecular complexity index is 893. The first-order chi connectivity index (χ1) is 18.2. The summed E-state index contributed by atoms with van der Waals surface area (Å²) in [6.45, 7) is 11.3. The lowest BCUT2D eigenvalue weighted by Crippen LogP contribution is -2.35. The van der Waals surface area contributed by atoms with Gasteiger partial charge in [-0.15, -0.1) is 0 Å². The van der Waals surface area contributed by atoms with Crippen LogP contribution >= 0.6 is 0 Å². The highest BCUT2D eigenvalue weighted by molar-refractivity contribution is 5.38. The van der Waals surface area contributed by atoms with Crippen molar-refractivity contribution in [3.05, 3.63) is 47.6 Å². The van der Waals surface area contributed by atoms with Crippen LogP contribution in [0.2, 0.25) is 0 Å². The molecule has 4 aliphatic rings. The van der Waals surface area contributed by atoms with E-state index in [1.807, 2.05) is 0 Å². The fraction of sp³-hybridized carbons (Fsp3) is 0.771. The number of unbranched alkanes of at least 4 members (excludes halogenated alkanes) is 5. The van der Waals surface area contributed by atoms with Crippen molar-refractivity contribution in [2.24, 2.45) is 28.6 Å². The van der Waals surface area contributed by atoms with Crippen molar-refractivity contribution >= 4 is 0 Å². The summed E-state index contributed by atoms with van der Waals surface area (Å²) >= 11 is 0. The van der Waals surface area contributed by atoms with Gasteiger partial charge in [0.15, 0.2) is 0 Å². The van der Waals surface area contributed by atoms with E-state index in [0.717, 1.165) is 17.6 Å². The second-order valence-corrected chi connectivity index (χ2v) is 13.7. The predicted molar refractivity (Wildman–Crippen MR) is 159 cm³/mol. The Labute approximate surface area is 233 Å². The van der Waals surface area contributed by atoms with Gasteiger partial charge in [-0.3, -0.25) is 0 Å². The minimum atomic E-state index is -0.626. The van der Waals surface area contributed by atoms with Crippen LogP contribution in [0.15, 0.2) is 47.6 Å². The van der Waals surface area contributed by atoms with E-state index in [2.05, 4.69) is 51.7 Å². The molecular weight excluding hydrogens is 468 g/mol. The summed E-state index contributed by atoms with van der Waals surface area (Å²) in [5.74, 6) is 1.73. The molecular formula is C35H56O3. The van der Waals surface area contributed by atoms with Crippen molar-refractivity contribution in [3.63, 3.8) is 0 Å². The molecule has 38 heavy (non-hydrogen) atoms. The molecule has 7 atom stereocenters. The zero-order valence-electron chi connectivity index (χ0n) is 24.6. The van der Waals surface area contributed by atoms with Gasteiger partial charge in [-0.05, 0) is 97.5 Å². The van der Waals surface area contributed by atoms with Gasteiger partial charge in [0.1, 0.15) is 0 Å². The summed E-state index contributed by atoms with van der Waals surface area (Å²) in [7, 11) is 0. The smallest absolute Gasteiger partial charge is 0.0811 e. The quantitative estimate of drug-likeness (QED) is 0.178. The van der Waals surface area contributed by atoms with E-state index in [1.54, 1.807) is 5.57 Å². The summed E-state index contributed by atoms with van der Waals surface area (Å²) in [6.07, 6.45) is 26.2. The summed E-state index contributed by atoms with van der Waals surface area (Å²) in [6, 6.07) is 0. The number of aliphatic hydroxyl groups is 3. The SMILES string of the molecule is C=C1/C(=C\C=C2/CCC[C@]3(C)[C@@H]([C@H](C)/C=C/[C@H](O)C4(CCCCCCCC)CC4)CC[C@@H]23)C[C@@H](O)C[C@@H]1O. The Balaban J connectivity index is 1.35. The monoisotopic (exact) mass is 524 g/mol. The lowest BCUT2D eigenvalue weighted by molar-refractivity contribution is 0.0862. The molecule has 0 unspecified atom stereocenters. The van der Waals surface area contributed by atoms with Crippen molar-refractivity contribution in [2.75, 3.05) is 0 Å². The summed E-state index contributed by atoms with van der Waals surface area (Å²) < 4.78 is 0. The van der Waals surface area contributed by atoms with Crippen LogP contribution in [0.1, 0.15) is 124 Å². The number of hydrogen-bond donors (Lipinski definition) is 3. The van der Waals surface area contributed by atoms with Crippen LogP contribution in [0.3, 0.4) is 0 Å². The van der Waals surface area contributed by atoms with E-state index >= 15 is 0 Å². The van der Waals surface area contributed by atoms with Crippen LogP contribution < -0.4 is 0 Å². The van der Waals surface area contributed by atoms with Gasteiger partial charge >= 0.3 is 0 Å². The Morgan fingerprint density at radius 1 is 1.00 bits per heavy atom. The molecule has 0 heterocycles. The molecule has 0 aromatic rings. The molecule has 3 heteroatoms. The molecule has 0 amide bonds. The normalized spacial score (nSPS) is 36.6. The number of rotatable bonds is 12. The molecule has 0 aliphatic heterocycles. The van der Waals surface area contributed by atoms with Gasteiger partial charge < -0.3 is 15.3 Å². The first-order valence-electron chi connectivity index (χ1n) is 16.0. The maximum atomic E-state index is 11.1. The van der Waals surface area contributed by atoms with E-state index in [1.165, 1.54) is 83.5 Å². The van der Waals surface area contributed by atoms with Crippen LogP contribution in [0.4, 0.5) is 0 Å². The molecule has 0 bridgehead atoms. The maximum absolute atomic E-state index is 11.1. The van der Waals surface area contributed by atoms with Crippen LogP contribution in [0, 0.1) is 28.6 Å². The van der Waals surface area contributed by atoms with Crippen LogP contribution in [-0.4, -0.2) is 33.6 Å². The summed E-state index contributed by atoms with van der Waals surface area (Å²) in [5.41, 5.74) is 3.79. The second-order valence-electron chi connectivity index (χ2n) is 13.7. The van der Waals surface area contributed by atoms with Gasteiger partial charge in [0, 0.05) is 6.42 Å². The van der Waals surface area contributed by atoms with Crippen molar-refractivity contribution in [1.29, 1.82) is 0 Å². The largest absolute Gasteiger partial charge is 0.393 e. The van der Waals surface area contributed by atoms with Gasteiger partial charge in [-0.1, -0.05) is 95.8 Å². The molecule has 0 radical (unpaired) electrons. The highest BCUT2D eigenvalue weighted by Gasteiger charge is 2.51. The van der Waals surface area contributed by atoms with E-state index < -0.39 is 12.2 Å². The molecule has 4 rings (SSSR count). The van der Waals surface area contributed by atoms with Crippen molar-refractivity contribution < 1.29 is 15.3 Å². The fourth-order valence-electron chi connectivity index (χ4n) is 8.34.